The molecule has 2 aromatic carbocycles. The normalized spacial score (nSPS) is 26.5. The minimum atomic E-state index is -4.68. The van der Waals surface area contributed by atoms with Crippen LogP contribution in [0.2, 0.25) is 5.02 Å². The highest BCUT2D eigenvalue weighted by atomic mass is 35.5. The van der Waals surface area contributed by atoms with Gasteiger partial charge in [-0.1, -0.05) is 11.6 Å². The van der Waals surface area contributed by atoms with Crippen molar-refractivity contribution >= 4 is 29.1 Å². The zero-order chi connectivity index (χ0) is 29.5. The van der Waals surface area contributed by atoms with Crippen molar-refractivity contribution in [2.24, 2.45) is 0 Å². The summed E-state index contributed by atoms with van der Waals surface area (Å²) in [5, 5.41) is 13.7. The number of halogens is 4. The fourth-order valence-electron chi connectivity index (χ4n) is 7.35. The summed E-state index contributed by atoms with van der Waals surface area (Å²) in [7, 11) is 0. The van der Waals surface area contributed by atoms with E-state index in [2.05, 4.69) is 10.2 Å². The molecule has 2 fully saturated rings. The van der Waals surface area contributed by atoms with Crippen molar-refractivity contribution in [1.82, 2.24) is 9.80 Å². The van der Waals surface area contributed by atoms with Crippen LogP contribution in [0.3, 0.4) is 0 Å². The Bertz CT molecular complexity index is 1420. The Labute approximate surface area is 241 Å². The van der Waals surface area contributed by atoms with Gasteiger partial charge in [-0.25, -0.2) is 0 Å². The van der Waals surface area contributed by atoms with Crippen LogP contribution in [0.5, 0.6) is 5.75 Å². The molecule has 1 aliphatic carbocycles. The maximum absolute atomic E-state index is 14.3. The Hall–Kier alpha value is -2.82. The number of aliphatic hydroxyl groups is 1. The Morgan fingerprint density at radius 1 is 1.10 bits per heavy atom. The third-order valence-electron chi connectivity index (χ3n) is 9.36. The Balaban J connectivity index is 1.15. The third kappa shape index (κ3) is 4.58. The SMILES string of the molecule is CC1(O)CC(N2C(=O)c3cc(OCCN4CCC5(CC4)C(=O)Nc4ccc(Cl)cc45)cc(C(F)(F)F)c3C2(C)C)C1. The van der Waals surface area contributed by atoms with Crippen LogP contribution < -0.4 is 10.1 Å². The van der Waals surface area contributed by atoms with Crippen molar-refractivity contribution in [1.29, 1.82) is 0 Å². The van der Waals surface area contributed by atoms with Gasteiger partial charge in [0.15, 0.2) is 0 Å². The summed E-state index contributed by atoms with van der Waals surface area (Å²) in [6.07, 6.45) is -2.85. The lowest BCUT2D eigenvalue weighted by Crippen LogP contribution is -2.58. The highest BCUT2D eigenvalue weighted by molar-refractivity contribution is 6.31. The monoisotopic (exact) mass is 591 g/mol. The summed E-state index contributed by atoms with van der Waals surface area (Å²) >= 11 is 6.20. The quantitative estimate of drug-likeness (QED) is 0.491. The molecule has 3 aliphatic heterocycles. The van der Waals surface area contributed by atoms with Gasteiger partial charge in [-0.3, -0.25) is 14.5 Å². The summed E-state index contributed by atoms with van der Waals surface area (Å²) in [4.78, 5) is 29.9. The fourth-order valence-corrected chi connectivity index (χ4v) is 7.52. The standard InChI is InChI=1S/C30H33ClF3N3O4/c1-27(2)24-20(25(38)37(27)18-15-28(3,40)16-18)13-19(14-22(24)30(32,33)34)41-11-10-36-8-6-29(7-9-36)21-12-17(31)4-5-23(21)35-26(29)39/h4-5,12-14,18,40H,6-11,15-16H2,1-3H3,(H,35,39). The van der Waals surface area contributed by atoms with Gasteiger partial charge in [-0.15, -0.1) is 0 Å². The van der Waals surface area contributed by atoms with E-state index in [-0.39, 0.29) is 35.4 Å². The summed E-state index contributed by atoms with van der Waals surface area (Å²) in [5.74, 6) is -0.511. The molecule has 0 bridgehead atoms. The van der Waals surface area contributed by atoms with E-state index in [1.165, 1.54) is 11.0 Å². The van der Waals surface area contributed by atoms with E-state index in [0.29, 0.717) is 50.3 Å². The molecule has 4 aliphatic rings. The van der Waals surface area contributed by atoms with Crippen LogP contribution in [0.25, 0.3) is 0 Å². The maximum Gasteiger partial charge on any atom is 0.416 e. The van der Waals surface area contributed by atoms with E-state index in [0.717, 1.165) is 17.3 Å². The number of anilines is 1. The number of fused-ring (bicyclic) bond motifs is 3. The Morgan fingerprint density at radius 3 is 2.41 bits per heavy atom. The number of nitrogens with one attached hydrogen (secondary N) is 1. The average molecular weight is 592 g/mol. The summed E-state index contributed by atoms with van der Waals surface area (Å²) in [6.45, 7) is 6.74. The largest absolute Gasteiger partial charge is 0.492 e. The molecule has 220 valence electrons. The highest BCUT2D eigenvalue weighted by Crippen LogP contribution is 2.51. The number of nitrogens with zero attached hydrogens (tertiary/aromatic N) is 2. The average Bonchev–Trinajstić information content (AvgIpc) is 3.24. The van der Waals surface area contributed by atoms with Crippen molar-refractivity contribution < 1.29 is 32.6 Å². The third-order valence-corrected chi connectivity index (χ3v) is 9.60. The van der Waals surface area contributed by atoms with Crippen LogP contribution in [0.1, 0.15) is 73.5 Å². The van der Waals surface area contributed by atoms with Crippen LogP contribution >= 0.6 is 11.6 Å². The number of hydrogen-bond acceptors (Lipinski definition) is 5. The lowest BCUT2D eigenvalue weighted by atomic mass is 9.73. The van der Waals surface area contributed by atoms with Crippen LogP contribution in [0, 0.1) is 0 Å². The molecule has 11 heteroatoms. The van der Waals surface area contributed by atoms with Gasteiger partial charge in [-0.05, 0) is 95.4 Å². The molecule has 41 heavy (non-hydrogen) atoms. The topological polar surface area (TPSA) is 82.1 Å². The molecule has 2 aromatic rings. The molecule has 0 radical (unpaired) electrons. The molecule has 6 rings (SSSR count). The number of likely N-dealkylation sites (tertiary alicyclic amines) is 1. The predicted octanol–water partition coefficient (Wildman–Crippen LogP) is 5.33. The molecule has 0 atom stereocenters. The number of carbonyl (C=O) groups is 2. The lowest BCUT2D eigenvalue weighted by Gasteiger charge is -2.50. The molecule has 2 amide bonds. The van der Waals surface area contributed by atoms with Crippen molar-refractivity contribution in [3.05, 3.63) is 57.6 Å². The van der Waals surface area contributed by atoms with Gasteiger partial charge in [0, 0.05) is 34.4 Å². The number of alkyl halides is 3. The Kier molecular flexibility index (Phi) is 6.45. The van der Waals surface area contributed by atoms with Gasteiger partial charge in [0.1, 0.15) is 12.4 Å². The number of piperidine rings is 1. The van der Waals surface area contributed by atoms with Crippen molar-refractivity contribution in [3.8, 4) is 5.75 Å². The minimum Gasteiger partial charge on any atom is -0.492 e. The second kappa shape index (κ2) is 9.34. The van der Waals surface area contributed by atoms with E-state index in [4.69, 9.17) is 16.3 Å². The van der Waals surface area contributed by atoms with Crippen molar-refractivity contribution in [2.75, 3.05) is 31.6 Å². The second-order valence-corrected chi connectivity index (χ2v) is 13.0. The summed E-state index contributed by atoms with van der Waals surface area (Å²) in [6, 6.07) is 7.48. The van der Waals surface area contributed by atoms with Crippen LogP contribution in [0.4, 0.5) is 18.9 Å². The smallest absolute Gasteiger partial charge is 0.416 e. The second-order valence-electron chi connectivity index (χ2n) is 12.6. The first kappa shape index (κ1) is 28.3. The molecule has 0 aromatic heterocycles. The van der Waals surface area contributed by atoms with E-state index < -0.39 is 34.2 Å². The van der Waals surface area contributed by atoms with Gasteiger partial charge < -0.3 is 20.1 Å². The van der Waals surface area contributed by atoms with Gasteiger partial charge >= 0.3 is 6.18 Å². The molecule has 3 heterocycles. The van der Waals surface area contributed by atoms with Crippen LogP contribution in [-0.2, 0) is 21.9 Å². The zero-order valence-electron chi connectivity index (χ0n) is 23.2. The van der Waals surface area contributed by atoms with Crippen LogP contribution in [-0.4, -0.2) is 64.6 Å². The zero-order valence-corrected chi connectivity index (χ0v) is 24.0. The van der Waals surface area contributed by atoms with Crippen LogP contribution in [0.15, 0.2) is 30.3 Å². The van der Waals surface area contributed by atoms with Crippen molar-refractivity contribution in [3.63, 3.8) is 0 Å². The molecular weight excluding hydrogens is 559 g/mol. The first-order valence-corrected chi connectivity index (χ1v) is 14.3. The van der Waals surface area contributed by atoms with E-state index in [1.54, 1.807) is 26.8 Å². The molecule has 0 unspecified atom stereocenters. The predicted molar refractivity (Wildman–Crippen MR) is 147 cm³/mol. The molecule has 1 saturated carbocycles. The maximum atomic E-state index is 14.3. The van der Waals surface area contributed by atoms with Gasteiger partial charge in [0.25, 0.3) is 5.91 Å². The molecule has 1 saturated heterocycles. The number of rotatable bonds is 5. The fraction of sp³-hybridized carbons (Fsp3) is 0.533. The molecule has 2 N–H and O–H groups in total. The highest BCUT2D eigenvalue weighted by Gasteiger charge is 2.55. The molecular formula is C30H33ClF3N3O4. The number of amides is 2. The Morgan fingerprint density at radius 2 is 1.78 bits per heavy atom. The molecule has 1 spiro atoms. The molecule has 7 nitrogen and oxygen atoms in total. The van der Waals surface area contributed by atoms with E-state index in [9.17, 15) is 27.9 Å². The van der Waals surface area contributed by atoms with Gasteiger partial charge in [0.2, 0.25) is 5.91 Å². The van der Waals surface area contributed by atoms with E-state index in [1.807, 2.05) is 12.1 Å². The summed E-state index contributed by atoms with van der Waals surface area (Å²) < 4.78 is 48.7. The summed E-state index contributed by atoms with van der Waals surface area (Å²) in [5.41, 5.74) is -1.98. The number of benzene rings is 2. The van der Waals surface area contributed by atoms with Crippen molar-refractivity contribution in [2.45, 2.75) is 75.2 Å². The van der Waals surface area contributed by atoms with Gasteiger partial charge in [0.05, 0.1) is 22.1 Å². The number of ether oxygens (including phenoxy) is 1. The van der Waals surface area contributed by atoms with Gasteiger partial charge in [-0.2, -0.15) is 13.2 Å². The van der Waals surface area contributed by atoms with E-state index >= 15 is 0 Å². The lowest BCUT2D eigenvalue weighted by molar-refractivity contribution is -0.140. The first-order valence-electron chi connectivity index (χ1n) is 13.9. The first-order chi connectivity index (χ1) is 19.1. The minimum absolute atomic E-state index is 0.00384. The number of carbonyl (C=O) groups excluding carboxylic acids is 2. The number of hydrogen-bond donors (Lipinski definition) is 2.